The Morgan fingerprint density at radius 3 is 2.83 bits per heavy atom. The molecule has 0 amide bonds. The van der Waals surface area contributed by atoms with E-state index in [0.29, 0.717) is 22.2 Å². The van der Waals surface area contributed by atoms with Gasteiger partial charge in [-0.1, -0.05) is 0 Å². The lowest BCUT2D eigenvalue weighted by Gasteiger charge is -2.06. The number of carbonyl (C=O) groups is 1. The molecule has 1 aromatic carbocycles. The molecule has 150 valence electrons. The molecule has 0 aliphatic carbocycles. The topological polar surface area (TPSA) is 114 Å². The SMILES string of the molecule is COc1ccc2c(c1)c(CCC(=O)O)cn2S(=O)(=O)c1ccc(-c2cn[nH]c2)s1. The van der Waals surface area contributed by atoms with Crippen LogP contribution in [0, 0.1) is 0 Å². The van der Waals surface area contributed by atoms with Crippen molar-refractivity contribution in [2.75, 3.05) is 7.11 Å². The van der Waals surface area contributed by atoms with Gasteiger partial charge in [0.05, 0.1) is 18.8 Å². The summed E-state index contributed by atoms with van der Waals surface area (Å²) in [4.78, 5) is 11.8. The standard InChI is InChI=1S/C19H17N3O5S2/c1-27-14-3-4-16-15(8-14)12(2-6-18(23)24)11-22(16)29(25,26)19-7-5-17(28-19)13-9-20-21-10-13/h3-5,7-11H,2,6H2,1H3,(H,20,21)(H,23,24). The minimum absolute atomic E-state index is 0.0972. The highest BCUT2D eigenvalue weighted by atomic mass is 32.2. The second-order valence-corrected chi connectivity index (χ2v) is 9.46. The average Bonchev–Trinajstić information content (AvgIpc) is 3.45. The third-order valence-corrected chi connectivity index (χ3v) is 7.82. The summed E-state index contributed by atoms with van der Waals surface area (Å²) < 4.78 is 33.3. The molecule has 4 rings (SSSR count). The molecule has 0 aliphatic rings. The van der Waals surface area contributed by atoms with E-state index in [1.54, 1.807) is 42.7 Å². The lowest BCUT2D eigenvalue weighted by molar-refractivity contribution is -0.136. The number of aliphatic carboxylic acids is 1. The van der Waals surface area contributed by atoms with E-state index < -0.39 is 16.0 Å². The summed E-state index contributed by atoms with van der Waals surface area (Å²) in [5, 5.41) is 16.3. The summed E-state index contributed by atoms with van der Waals surface area (Å²) in [7, 11) is -2.33. The van der Waals surface area contributed by atoms with Gasteiger partial charge in [-0.3, -0.25) is 9.89 Å². The van der Waals surface area contributed by atoms with Crippen LogP contribution >= 0.6 is 11.3 Å². The molecule has 0 radical (unpaired) electrons. The predicted molar refractivity (Wildman–Crippen MR) is 109 cm³/mol. The number of aryl methyl sites for hydroxylation is 1. The van der Waals surface area contributed by atoms with Gasteiger partial charge in [-0.25, -0.2) is 3.97 Å². The molecule has 0 saturated heterocycles. The quantitative estimate of drug-likeness (QED) is 0.464. The minimum Gasteiger partial charge on any atom is -0.497 e. The van der Waals surface area contributed by atoms with E-state index in [4.69, 9.17) is 9.84 Å². The number of benzene rings is 1. The Bertz CT molecular complexity index is 1290. The van der Waals surface area contributed by atoms with Crippen molar-refractivity contribution >= 4 is 38.2 Å². The first-order valence-corrected chi connectivity index (χ1v) is 10.9. The van der Waals surface area contributed by atoms with Gasteiger partial charge in [0.1, 0.15) is 9.96 Å². The summed E-state index contributed by atoms with van der Waals surface area (Å²) >= 11 is 1.15. The molecule has 10 heteroatoms. The molecule has 0 saturated carbocycles. The third-order valence-electron chi connectivity index (χ3n) is 4.55. The number of H-pyrrole nitrogens is 1. The van der Waals surface area contributed by atoms with Crippen molar-refractivity contribution in [2.24, 2.45) is 0 Å². The number of hydrogen-bond donors (Lipinski definition) is 2. The number of aromatic amines is 1. The highest BCUT2D eigenvalue weighted by molar-refractivity contribution is 7.92. The lowest BCUT2D eigenvalue weighted by Crippen LogP contribution is -2.10. The van der Waals surface area contributed by atoms with Crippen molar-refractivity contribution in [2.45, 2.75) is 17.1 Å². The molecular weight excluding hydrogens is 414 g/mol. The molecule has 3 heterocycles. The zero-order chi connectivity index (χ0) is 20.6. The van der Waals surface area contributed by atoms with Gasteiger partial charge in [-0.05, 0) is 42.3 Å². The fourth-order valence-electron chi connectivity index (χ4n) is 3.11. The maximum absolute atomic E-state index is 13.3. The Kier molecular flexibility index (Phi) is 4.89. The summed E-state index contributed by atoms with van der Waals surface area (Å²) in [6.07, 6.45) is 4.94. The zero-order valence-electron chi connectivity index (χ0n) is 15.3. The average molecular weight is 431 g/mol. The molecule has 4 aromatic rings. The van der Waals surface area contributed by atoms with Crippen LogP contribution in [0.2, 0.25) is 0 Å². The Morgan fingerprint density at radius 1 is 1.31 bits per heavy atom. The van der Waals surface area contributed by atoms with Crippen LogP contribution in [0.15, 0.2) is 53.1 Å². The van der Waals surface area contributed by atoms with Gasteiger partial charge in [-0.15, -0.1) is 11.3 Å². The van der Waals surface area contributed by atoms with E-state index in [9.17, 15) is 13.2 Å². The third kappa shape index (κ3) is 3.52. The normalized spacial score (nSPS) is 11.8. The maximum Gasteiger partial charge on any atom is 0.303 e. The van der Waals surface area contributed by atoms with Gasteiger partial charge < -0.3 is 9.84 Å². The molecule has 0 atom stereocenters. The number of carboxylic acid groups (broad SMARTS) is 1. The van der Waals surface area contributed by atoms with Gasteiger partial charge in [0.25, 0.3) is 10.0 Å². The fraction of sp³-hybridized carbons (Fsp3) is 0.158. The second-order valence-electron chi connectivity index (χ2n) is 6.34. The fourth-order valence-corrected chi connectivity index (χ4v) is 5.88. The van der Waals surface area contributed by atoms with E-state index in [-0.39, 0.29) is 17.1 Å². The molecule has 0 aliphatic heterocycles. The number of fused-ring (bicyclic) bond motifs is 1. The van der Waals surface area contributed by atoms with Crippen molar-refractivity contribution in [3.8, 4) is 16.2 Å². The first-order valence-electron chi connectivity index (χ1n) is 8.64. The van der Waals surface area contributed by atoms with E-state index in [1.807, 2.05) is 0 Å². The van der Waals surface area contributed by atoms with E-state index in [1.165, 1.54) is 17.3 Å². The van der Waals surface area contributed by atoms with Gasteiger partial charge in [0.2, 0.25) is 0 Å². The number of methoxy groups -OCH3 is 1. The van der Waals surface area contributed by atoms with Crippen LogP contribution in [0.4, 0.5) is 0 Å². The first kappa shape index (κ1) is 19.2. The molecule has 0 spiro atoms. The number of hydrogen-bond acceptors (Lipinski definition) is 6. The summed E-state index contributed by atoms with van der Waals surface area (Å²) in [6, 6.07) is 8.38. The Labute approximate surface area is 170 Å². The van der Waals surface area contributed by atoms with E-state index >= 15 is 0 Å². The van der Waals surface area contributed by atoms with Crippen LogP contribution in [0.1, 0.15) is 12.0 Å². The molecule has 0 bridgehead atoms. The number of rotatable bonds is 7. The number of carboxylic acids is 1. The van der Waals surface area contributed by atoms with Crippen molar-refractivity contribution in [1.82, 2.24) is 14.2 Å². The largest absolute Gasteiger partial charge is 0.497 e. The van der Waals surface area contributed by atoms with Crippen molar-refractivity contribution < 1.29 is 23.1 Å². The van der Waals surface area contributed by atoms with Crippen LogP contribution < -0.4 is 4.74 Å². The van der Waals surface area contributed by atoms with Crippen LogP contribution in [0.5, 0.6) is 5.75 Å². The van der Waals surface area contributed by atoms with Crippen molar-refractivity contribution in [3.05, 3.63) is 54.5 Å². The van der Waals surface area contributed by atoms with Gasteiger partial charge >= 0.3 is 5.97 Å². The predicted octanol–water partition coefficient (Wildman–Crippen LogP) is 3.36. The summed E-state index contributed by atoms with van der Waals surface area (Å²) in [5.74, 6) is -0.373. The van der Waals surface area contributed by atoms with Gasteiger partial charge in [0, 0.05) is 34.6 Å². The summed E-state index contributed by atoms with van der Waals surface area (Å²) in [6.45, 7) is 0. The Morgan fingerprint density at radius 2 is 2.14 bits per heavy atom. The highest BCUT2D eigenvalue weighted by Crippen LogP contribution is 2.34. The van der Waals surface area contributed by atoms with Crippen LogP contribution in [0.25, 0.3) is 21.3 Å². The van der Waals surface area contributed by atoms with Crippen molar-refractivity contribution in [3.63, 3.8) is 0 Å². The van der Waals surface area contributed by atoms with Crippen LogP contribution in [-0.2, 0) is 21.2 Å². The van der Waals surface area contributed by atoms with E-state index in [0.717, 1.165) is 21.8 Å². The number of ether oxygens (including phenoxy) is 1. The van der Waals surface area contributed by atoms with Crippen LogP contribution in [-0.4, -0.2) is 40.8 Å². The number of thiophene rings is 1. The molecular formula is C19H17N3O5S2. The second kappa shape index (κ2) is 7.37. The van der Waals surface area contributed by atoms with Gasteiger partial charge in [0.15, 0.2) is 0 Å². The van der Waals surface area contributed by atoms with E-state index in [2.05, 4.69) is 10.2 Å². The molecule has 8 nitrogen and oxygen atoms in total. The van der Waals surface area contributed by atoms with Crippen LogP contribution in [0.3, 0.4) is 0 Å². The molecule has 3 aromatic heterocycles. The zero-order valence-corrected chi connectivity index (χ0v) is 17.0. The number of aromatic nitrogens is 3. The highest BCUT2D eigenvalue weighted by Gasteiger charge is 2.24. The Hall–Kier alpha value is -3.11. The summed E-state index contributed by atoms with van der Waals surface area (Å²) in [5.41, 5.74) is 1.92. The lowest BCUT2D eigenvalue weighted by atomic mass is 10.1. The molecule has 0 fully saturated rings. The number of nitrogens with zero attached hydrogens (tertiary/aromatic N) is 2. The first-order chi connectivity index (χ1) is 13.9. The monoisotopic (exact) mass is 431 g/mol. The maximum atomic E-state index is 13.3. The molecule has 0 unspecified atom stereocenters. The Balaban J connectivity index is 1.82. The van der Waals surface area contributed by atoms with Gasteiger partial charge in [-0.2, -0.15) is 13.5 Å². The number of nitrogens with one attached hydrogen (secondary N) is 1. The minimum atomic E-state index is -3.86. The molecule has 29 heavy (non-hydrogen) atoms. The smallest absolute Gasteiger partial charge is 0.303 e. The van der Waals surface area contributed by atoms with Crippen molar-refractivity contribution in [1.29, 1.82) is 0 Å². The molecule has 2 N–H and O–H groups in total.